The highest BCUT2D eigenvalue weighted by molar-refractivity contribution is 6.31. The van der Waals surface area contributed by atoms with Crippen molar-refractivity contribution in [2.24, 2.45) is 0 Å². The minimum Gasteiger partial charge on any atom is -0.351 e. The van der Waals surface area contributed by atoms with Gasteiger partial charge in [-0.2, -0.15) is 4.98 Å². The maximum absolute atomic E-state index is 6.30. The van der Waals surface area contributed by atoms with Gasteiger partial charge >= 0.3 is 0 Å². The molecule has 0 aliphatic heterocycles. The van der Waals surface area contributed by atoms with Gasteiger partial charge < -0.3 is 10.6 Å². The van der Waals surface area contributed by atoms with E-state index in [2.05, 4.69) is 34.7 Å². The van der Waals surface area contributed by atoms with Crippen LogP contribution in [0.3, 0.4) is 0 Å². The molecule has 0 unspecified atom stereocenters. The third-order valence-electron chi connectivity index (χ3n) is 4.57. The highest BCUT2D eigenvalue weighted by atomic mass is 35.5. The summed E-state index contributed by atoms with van der Waals surface area (Å²) >= 11 is 6.30. The molecule has 0 radical (unpaired) electrons. The highest BCUT2D eigenvalue weighted by Gasteiger charge is 2.22. The lowest BCUT2D eigenvalue weighted by Gasteiger charge is -2.15. The predicted octanol–water partition coefficient (Wildman–Crippen LogP) is 5.73. The Kier molecular flexibility index (Phi) is 4.51. The van der Waals surface area contributed by atoms with Gasteiger partial charge in [-0.15, -0.1) is 0 Å². The van der Waals surface area contributed by atoms with Crippen LogP contribution in [0.25, 0.3) is 11.3 Å². The standard InChI is InChI=1S/C21H21ClN4/c1-13-8-11-17(22)14(2)20(13)25-19-12-18(15-6-4-3-5-7-15)24-21(26-19)23-16-9-10-16/h3-8,11-12,16H,9-10H2,1-2H3,(H2,23,24,25,26). The molecule has 1 aliphatic carbocycles. The monoisotopic (exact) mass is 364 g/mol. The second-order valence-corrected chi connectivity index (χ2v) is 7.14. The maximum atomic E-state index is 6.30. The van der Waals surface area contributed by atoms with Crippen molar-refractivity contribution >= 4 is 29.1 Å². The lowest BCUT2D eigenvalue weighted by Crippen LogP contribution is -2.08. The number of benzene rings is 2. The molecule has 26 heavy (non-hydrogen) atoms. The van der Waals surface area contributed by atoms with Crippen LogP contribution in [0.2, 0.25) is 5.02 Å². The fourth-order valence-electron chi connectivity index (χ4n) is 2.88. The number of anilines is 3. The smallest absolute Gasteiger partial charge is 0.225 e. The largest absolute Gasteiger partial charge is 0.351 e. The zero-order valence-electron chi connectivity index (χ0n) is 14.9. The summed E-state index contributed by atoms with van der Waals surface area (Å²) in [6, 6.07) is 16.6. The molecule has 2 N–H and O–H groups in total. The molecule has 0 spiro atoms. The number of hydrogen-bond donors (Lipinski definition) is 2. The average molecular weight is 365 g/mol. The maximum Gasteiger partial charge on any atom is 0.225 e. The van der Waals surface area contributed by atoms with Crippen molar-refractivity contribution in [3.63, 3.8) is 0 Å². The molecule has 4 rings (SSSR count). The Morgan fingerprint density at radius 3 is 2.50 bits per heavy atom. The summed E-state index contributed by atoms with van der Waals surface area (Å²) < 4.78 is 0. The number of rotatable bonds is 5. The number of aromatic nitrogens is 2. The Balaban J connectivity index is 1.74. The first-order chi connectivity index (χ1) is 12.6. The van der Waals surface area contributed by atoms with E-state index in [0.717, 1.165) is 38.9 Å². The van der Waals surface area contributed by atoms with Crippen LogP contribution in [0.4, 0.5) is 17.5 Å². The van der Waals surface area contributed by atoms with Crippen LogP contribution < -0.4 is 10.6 Å². The predicted molar refractivity (Wildman–Crippen MR) is 108 cm³/mol. The molecule has 0 atom stereocenters. The van der Waals surface area contributed by atoms with E-state index in [1.807, 2.05) is 43.3 Å². The van der Waals surface area contributed by atoms with Gasteiger partial charge in [-0.3, -0.25) is 0 Å². The molecule has 1 heterocycles. The number of aryl methyl sites for hydroxylation is 1. The van der Waals surface area contributed by atoms with Crippen molar-refractivity contribution < 1.29 is 0 Å². The van der Waals surface area contributed by atoms with Crippen LogP contribution in [0.15, 0.2) is 48.5 Å². The Hall–Kier alpha value is -2.59. The van der Waals surface area contributed by atoms with Crippen molar-refractivity contribution in [3.8, 4) is 11.3 Å². The molecule has 1 aromatic heterocycles. The van der Waals surface area contributed by atoms with Crippen LogP contribution in [0.1, 0.15) is 24.0 Å². The van der Waals surface area contributed by atoms with Crippen molar-refractivity contribution in [2.75, 3.05) is 10.6 Å². The zero-order chi connectivity index (χ0) is 18.1. The van der Waals surface area contributed by atoms with E-state index in [4.69, 9.17) is 16.6 Å². The third kappa shape index (κ3) is 3.65. The van der Waals surface area contributed by atoms with Crippen LogP contribution in [0, 0.1) is 13.8 Å². The Labute approximate surface area is 158 Å². The quantitative estimate of drug-likeness (QED) is 0.606. The molecule has 1 saturated carbocycles. The van der Waals surface area contributed by atoms with E-state index in [-0.39, 0.29) is 0 Å². The Morgan fingerprint density at radius 2 is 1.77 bits per heavy atom. The number of nitrogens with one attached hydrogen (secondary N) is 2. The third-order valence-corrected chi connectivity index (χ3v) is 4.98. The first kappa shape index (κ1) is 16.9. The van der Waals surface area contributed by atoms with Crippen molar-refractivity contribution in [1.82, 2.24) is 9.97 Å². The SMILES string of the molecule is Cc1ccc(Cl)c(C)c1Nc1cc(-c2ccccc2)nc(NC2CC2)n1. The molecule has 132 valence electrons. The number of hydrogen-bond acceptors (Lipinski definition) is 4. The van der Waals surface area contributed by atoms with Gasteiger partial charge in [0.25, 0.3) is 0 Å². The van der Waals surface area contributed by atoms with Gasteiger partial charge in [-0.25, -0.2) is 4.98 Å². The van der Waals surface area contributed by atoms with Gasteiger partial charge in [0.2, 0.25) is 5.95 Å². The van der Waals surface area contributed by atoms with E-state index < -0.39 is 0 Å². The van der Waals surface area contributed by atoms with Crippen molar-refractivity contribution in [3.05, 3.63) is 64.7 Å². The van der Waals surface area contributed by atoms with E-state index >= 15 is 0 Å². The van der Waals surface area contributed by atoms with Gasteiger partial charge in [0, 0.05) is 28.4 Å². The number of nitrogens with zero attached hydrogens (tertiary/aromatic N) is 2. The topological polar surface area (TPSA) is 49.8 Å². The van der Waals surface area contributed by atoms with E-state index in [1.54, 1.807) is 0 Å². The molecule has 0 amide bonds. The Bertz CT molecular complexity index is 936. The first-order valence-corrected chi connectivity index (χ1v) is 9.22. The fourth-order valence-corrected chi connectivity index (χ4v) is 3.04. The van der Waals surface area contributed by atoms with Gasteiger partial charge in [0.15, 0.2) is 0 Å². The van der Waals surface area contributed by atoms with Crippen molar-refractivity contribution in [2.45, 2.75) is 32.7 Å². The molecule has 1 aliphatic rings. The first-order valence-electron chi connectivity index (χ1n) is 8.84. The van der Waals surface area contributed by atoms with Crippen LogP contribution in [0.5, 0.6) is 0 Å². The van der Waals surface area contributed by atoms with Gasteiger partial charge in [-0.1, -0.05) is 48.0 Å². The molecule has 5 heteroatoms. The average Bonchev–Trinajstić information content (AvgIpc) is 3.46. The summed E-state index contributed by atoms with van der Waals surface area (Å²) in [5.41, 5.74) is 5.10. The highest BCUT2D eigenvalue weighted by Crippen LogP contribution is 2.31. The second kappa shape index (κ2) is 6.96. The fraction of sp³-hybridized carbons (Fsp3) is 0.238. The molecule has 3 aromatic rings. The van der Waals surface area contributed by atoms with E-state index in [1.165, 1.54) is 12.8 Å². The molecule has 1 fully saturated rings. The molecule has 4 nitrogen and oxygen atoms in total. The van der Waals surface area contributed by atoms with E-state index in [0.29, 0.717) is 12.0 Å². The van der Waals surface area contributed by atoms with Crippen LogP contribution in [-0.2, 0) is 0 Å². The van der Waals surface area contributed by atoms with Crippen LogP contribution >= 0.6 is 11.6 Å². The van der Waals surface area contributed by atoms with Crippen molar-refractivity contribution in [1.29, 1.82) is 0 Å². The van der Waals surface area contributed by atoms with Gasteiger partial charge in [-0.05, 0) is 43.9 Å². The summed E-state index contributed by atoms with van der Waals surface area (Å²) in [4.78, 5) is 9.37. The summed E-state index contributed by atoms with van der Waals surface area (Å²) in [5, 5.41) is 7.60. The minimum absolute atomic E-state index is 0.489. The molecule has 2 aromatic carbocycles. The van der Waals surface area contributed by atoms with Gasteiger partial charge in [0.05, 0.1) is 5.69 Å². The summed E-state index contributed by atoms with van der Waals surface area (Å²) in [6.07, 6.45) is 2.35. The lowest BCUT2D eigenvalue weighted by atomic mass is 10.1. The Morgan fingerprint density at radius 1 is 1.00 bits per heavy atom. The van der Waals surface area contributed by atoms with Gasteiger partial charge in [0.1, 0.15) is 5.82 Å². The molecular weight excluding hydrogens is 344 g/mol. The minimum atomic E-state index is 0.489. The molecule has 0 saturated heterocycles. The summed E-state index contributed by atoms with van der Waals surface area (Å²) in [5.74, 6) is 1.42. The normalized spacial score (nSPS) is 13.5. The van der Waals surface area contributed by atoms with Crippen LogP contribution in [-0.4, -0.2) is 16.0 Å². The molecule has 0 bridgehead atoms. The van der Waals surface area contributed by atoms with E-state index in [9.17, 15) is 0 Å². The summed E-state index contributed by atoms with van der Waals surface area (Å²) in [7, 11) is 0. The number of halogens is 1. The lowest BCUT2D eigenvalue weighted by molar-refractivity contribution is 1.06. The zero-order valence-corrected chi connectivity index (χ0v) is 15.6. The summed E-state index contributed by atoms with van der Waals surface area (Å²) in [6.45, 7) is 4.08. The molecular formula is C21H21ClN4. The second-order valence-electron chi connectivity index (χ2n) is 6.74.